The second kappa shape index (κ2) is 8.71. The normalized spacial score (nSPS) is 15.7. The molecule has 7 nitrogen and oxygen atoms in total. The van der Waals surface area contributed by atoms with Crippen LogP contribution in [-0.2, 0) is 9.53 Å². The summed E-state index contributed by atoms with van der Waals surface area (Å²) in [6.07, 6.45) is -1.17. The fourth-order valence-corrected chi connectivity index (χ4v) is 1.39. The summed E-state index contributed by atoms with van der Waals surface area (Å²) < 4.78 is 5.25. The molecular weight excluding hydrogens is 252 g/mol. The van der Waals surface area contributed by atoms with E-state index >= 15 is 0 Å². The minimum Gasteiger partial charge on any atom is -0.480 e. The highest BCUT2D eigenvalue weighted by molar-refractivity contribution is 5.83. The predicted molar refractivity (Wildman–Crippen MR) is 69.9 cm³/mol. The van der Waals surface area contributed by atoms with Crippen LogP contribution >= 0.6 is 0 Å². The zero-order chi connectivity index (χ0) is 15.0. The highest BCUT2D eigenvalue weighted by Crippen LogP contribution is 2.02. The summed E-state index contributed by atoms with van der Waals surface area (Å²) in [5.41, 5.74) is 0. The van der Waals surface area contributed by atoms with E-state index in [4.69, 9.17) is 9.84 Å². The van der Waals surface area contributed by atoms with Gasteiger partial charge in [-0.3, -0.25) is 0 Å². The summed E-state index contributed by atoms with van der Waals surface area (Å²) in [6.45, 7) is 7.90. The molecule has 3 unspecified atom stereocenters. The number of carboxylic acids is 1. The number of urea groups is 1. The van der Waals surface area contributed by atoms with Gasteiger partial charge in [0.05, 0.1) is 18.8 Å². The lowest BCUT2D eigenvalue weighted by Crippen LogP contribution is -2.54. The molecule has 0 aromatic heterocycles. The Balaban J connectivity index is 4.43. The number of aliphatic carboxylic acids is 1. The number of aliphatic hydroxyl groups is 1. The maximum Gasteiger partial charge on any atom is 0.328 e. The molecule has 0 aliphatic heterocycles. The number of aliphatic hydroxyl groups excluding tert-OH is 1. The first-order chi connectivity index (χ1) is 8.79. The van der Waals surface area contributed by atoms with Crippen molar-refractivity contribution in [1.82, 2.24) is 10.6 Å². The molecule has 0 rings (SSSR count). The van der Waals surface area contributed by atoms with Gasteiger partial charge in [0.1, 0.15) is 0 Å². The van der Waals surface area contributed by atoms with Crippen molar-refractivity contribution in [3.05, 3.63) is 0 Å². The standard InChI is InChI=1S/C12H24N2O5/c1-5-19-6-9(7(2)3)13-12(18)14-10(8(4)15)11(16)17/h7-10,15H,5-6H2,1-4H3,(H,16,17)(H2,13,14,18). The summed E-state index contributed by atoms with van der Waals surface area (Å²) in [6, 6.07) is -2.19. The van der Waals surface area contributed by atoms with Crippen molar-refractivity contribution in [2.45, 2.75) is 45.9 Å². The number of amides is 2. The molecule has 3 atom stereocenters. The molecule has 0 aliphatic carbocycles. The highest BCUT2D eigenvalue weighted by atomic mass is 16.5. The maximum absolute atomic E-state index is 11.7. The number of ether oxygens (including phenoxy) is 1. The van der Waals surface area contributed by atoms with Crippen LogP contribution in [0.2, 0.25) is 0 Å². The maximum atomic E-state index is 11.7. The molecule has 0 aliphatic rings. The smallest absolute Gasteiger partial charge is 0.328 e. The number of rotatable bonds is 8. The van der Waals surface area contributed by atoms with Crippen LogP contribution in [-0.4, -0.2) is 53.6 Å². The third kappa shape index (κ3) is 6.97. The highest BCUT2D eigenvalue weighted by Gasteiger charge is 2.26. The van der Waals surface area contributed by atoms with Crippen LogP contribution in [0.25, 0.3) is 0 Å². The third-order valence-electron chi connectivity index (χ3n) is 2.66. The fourth-order valence-electron chi connectivity index (χ4n) is 1.39. The van der Waals surface area contributed by atoms with E-state index in [2.05, 4.69) is 10.6 Å². The number of carboxylic acid groups (broad SMARTS) is 1. The van der Waals surface area contributed by atoms with Crippen LogP contribution in [0, 0.1) is 5.92 Å². The molecule has 0 saturated heterocycles. The average Bonchev–Trinajstić information content (AvgIpc) is 2.30. The minimum atomic E-state index is -1.33. The second-order valence-corrected chi connectivity index (χ2v) is 4.68. The van der Waals surface area contributed by atoms with Crippen LogP contribution in [0.4, 0.5) is 4.79 Å². The predicted octanol–water partition coefficient (Wildman–Crippen LogP) is 0.181. The topological polar surface area (TPSA) is 108 Å². The first-order valence-electron chi connectivity index (χ1n) is 6.35. The molecule has 0 fully saturated rings. The van der Waals surface area contributed by atoms with E-state index in [0.29, 0.717) is 13.2 Å². The van der Waals surface area contributed by atoms with Gasteiger partial charge in [0.15, 0.2) is 6.04 Å². The van der Waals surface area contributed by atoms with Gasteiger partial charge in [0.2, 0.25) is 0 Å². The Morgan fingerprint density at radius 1 is 1.21 bits per heavy atom. The Labute approximate surface area is 113 Å². The molecule has 112 valence electrons. The molecule has 7 heteroatoms. The Morgan fingerprint density at radius 2 is 1.79 bits per heavy atom. The molecule has 4 N–H and O–H groups in total. The molecule has 0 aromatic rings. The van der Waals surface area contributed by atoms with E-state index in [9.17, 15) is 14.7 Å². The van der Waals surface area contributed by atoms with Gasteiger partial charge < -0.3 is 25.6 Å². The Bertz CT molecular complexity index is 294. The zero-order valence-electron chi connectivity index (χ0n) is 11.8. The third-order valence-corrected chi connectivity index (χ3v) is 2.66. The lowest BCUT2D eigenvalue weighted by molar-refractivity contribution is -0.141. The van der Waals surface area contributed by atoms with Gasteiger partial charge in [-0.1, -0.05) is 13.8 Å². The van der Waals surface area contributed by atoms with Crippen LogP contribution in [0.5, 0.6) is 0 Å². The van der Waals surface area contributed by atoms with Crippen LogP contribution in [0.1, 0.15) is 27.7 Å². The van der Waals surface area contributed by atoms with E-state index < -0.39 is 24.1 Å². The number of carbonyl (C=O) groups is 2. The second-order valence-electron chi connectivity index (χ2n) is 4.68. The van der Waals surface area contributed by atoms with E-state index in [-0.39, 0.29) is 12.0 Å². The van der Waals surface area contributed by atoms with Gasteiger partial charge in [0, 0.05) is 6.61 Å². The van der Waals surface area contributed by atoms with Crippen molar-refractivity contribution in [2.75, 3.05) is 13.2 Å². The van der Waals surface area contributed by atoms with Crippen molar-refractivity contribution < 1.29 is 24.5 Å². The SMILES string of the molecule is CCOCC(NC(=O)NC(C(=O)O)C(C)O)C(C)C. The Morgan fingerprint density at radius 3 is 2.16 bits per heavy atom. The summed E-state index contributed by atoms with van der Waals surface area (Å²) >= 11 is 0. The van der Waals surface area contributed by atoms with Crippen molar-refractivity contribution in [1.29, 1.82) is 0 Å². The fraction of sp³-hybridized carbons (Fsp3) is 0.833. The van der Waals surface area contributed by atoms with E-state index in [1.165, 1.54) is 6.92 Å². The lowest BCUT2D eigenvalue weighted by Gasteiger charge is -2.24. The molecule has 0 bridgehead atoms. The molecular formula is C12H24N2O5. The molecule has 0 radical (unpaired) electrons. The summed E-state index contributed by atoms with van der Waals surface area (Å²) in [4.78, 5) is 22.5. The first kappa shape index (κ1) is 17.7. The van der Waals surface area contributed by atoms with Crippen LogP contribution in [0.3, 0.4) is 0 Å². The van der Waals surface area contributed by atoms with Crippen molar-refractivity contribution in [3.8, 4) is 0 Å². The molecule has 0 heterocycles. The Hall–Kier alpha value is -1.34. The summed E-state index contributed by atoms with van der Waals surface area (Å²) in [7, 11) is 0. The van der Waals surface area contributed by atoms with Crippen LogP contribution in [0.15, 0.2) is 0 Å². The largest absolute Gasteiger partial charge is 0.480 e. The van der Waals surface area contributed by atoms with E-state index in [1.807, 2.05) is 20.8 Å². The number of hydrogen-bond acceptors (Lipinski definition) is 4. The van der Waals surface area contributed by atoms with Crippen molar-refractivity contribution in [2.24, 2.45) is 5.92 Å². The van der Waals surface area contributed by atoms with Gasteiger partial charge in [0.25, 0.3) is 0 Å². The lowest BCUT2D eigenvalue weighted by atomic mass is 10.1. The minimum absolute atomic E-state index is 0.145. The van der Waals surface area contributed by atoms with Gasteiger partial charge in [-0.05, 0) is 19.8 Å². The van der Waals surface area contributed by atoms with Gasteiger partial charge in [-0.2, -0.15) is 0 Å². The van der Waals surface area contributed by atoms with Crippen molar-refractivity contribution in [3.63, 3.8) is 0 Å². The number of nitrogens with one attached hydrogen (secondary N) is 2. The molecule has 0 aromatic carbocycles. The van der Waals surface area contributed by atoms with E-state index in [0.717, 1.165) is 0 Å². The van der Waals surface area contributed by atoms with Gasteiger partial charge in [-0.25, -0.2) is 9.59 Å². The summed E-state index contributed by atoms with van der Waals surface area (Å²) in [5, 5.41) is 23.0. The average molecular weight is 276 g/mol. The number of hydrogen-bond donors (Lipinski definition) is 4. The van der Waals surface area contributed by atoms with Crippen molar-refractivity contribution >= 4 is 12.0 Å². The quantitative estimate of drug-likeness (QED) is 0.506. The first-order valence-corrected chi connectivity index (χ1v) is 6.35. The summed E-state index contributed by atoms with van der Waals surface area (Å²) in [5.74, 6) is -1.14. The molecule has 0 saturated carbocycles. The van der Waals surface area contributed by atoms with Gasteiger partial charge in [-0.15, -0.1) is 0 Å². The molecule has 2 amide bonds. The molecule has 19 heavy (non-hydrogen) atoms. The van der Waals surface area contributed by atoms with Gasteiger partial charge >= 0.3 is 12.0 Å². The van der Waals surface area contributed by atoms with Crippen LogP contribution < -0.4 is 10.6 Å². The zero-order valence-corrected chi connectivity index (χ0v) is 11.8. The Kier molecular flexibility index (Phi) is 8.09. The number of carbonyl (C=O) groups excluding carboxylic acids is 1. The molecule has 0 spiro atoms. The monoisotopic (exact) mass is 276 g/mol. The van der Waals surface area contributed by atoms with E-state index in [1.54, 1.807) is 0 Å².